The number of aromatic nitrogens is 2. The van der Waals surface area contributed by atoms with Gasteiger partial charge in [-0.2, -0.15) is 0 Å². The fourth-order valence-electron chi connectivity index (χ4n) is 2.81. The molecule has 0 radical (unpaired) electrons. The first kappa shape index (κ1) is 12.8. The molecule has 0 saturated heterocycles. The zero-order valence-electron chi connectivity index (χ0n) is 11.1. The van der Waals surface area contributed by atoms with E-state index in [1.807, 2.05) is 24.3 Å². The predicted octanol–water partition coefficient (Wildman–Crippen LogP) is 5.55. The Labute approximate surface area is 131 Å². The molecule has 2 aromatic carbocycles. The van der Waals surface area contributed by atoms with E-state index in [-0.39, 0.29) is 0 Å². The first-order chi connectivity index (χ1) is 10.2. The van der Waals surface area contributed by atoms with E-state index in [4.69, 9.17) is 23.2 Å². The van der Waals surface area contributed by atoms with E-state index in [9.17, 15) is 0 Å². The second-order valence-corrected chi connectivity index (χ2v) is 6.06. The van der Waals surface area contributed by atoms with E-state index in [0.717, 1.165) is 27.5 Å². The zero-order valence-corrected chi connectivity index (χ0v) is 12.6. The summed E-state index contributed by atoms with van der Waals surface area (Å²) < 4.78 is 0. The maximum Gasteiger partial charge on any atom is 0.0471 e. The summed E-state index contributed by atoms with van der Waals surface area (Å²) in [6, 6.07) is 11.9. The van der Waals surface area contributed by atoms with Crippen LogP contribution in [0.15, 0.2) is 48.8 Å². The molecule has 0 bridgehead atoms. The molecule has 0 spiro atoms. The maximum absolute atomic E-state index is 6.03. The van der Waals surface area contributed by atoms with Crippen molar-refractivity contribution in [2.75, 3.05) is 0 Å². The summed E-state index contributed by atoms with van der Waals surface area (Å²) in [5.41, 5.74) is 4.66. The highest BCUT2D eigenvalue weighted by molar-refractivity contribution is 6.31. The molecular formula is C17H12Cl2N2. The summed E-state index contributed by atoms with van der Waals surface area (Å²) in [5, 5.41) is 3.92. The molecule has 0 amide bonds. The van der Waals surface area contributed by atoms with Crippen LogP contribution in [0.1, 0.15) is 11.1 Å². The van der Waals surface area contributed by atoms with Crippen LogP contribution in [-0.2, 0) is 6.42 Å². The minimum Gasteiger partial charge on any atom is -0.361 e. The third-order valence-corrected chi connectivity index (χ3v) is 4.31. The van der Waals surface area contributed by atoms with E-state index >= 15 is 0 Å². The molecular weight excluding hydrogens is 303 g/mol. The van der Waals surface area contributed by atoms with Crippen LogP contribution in [0, 0.1) is 0 Å². The maximum atomic E-state index is 6.03. The number of nitrogens with one attached hydrogen (secondary N) is 2. The molecule has 2 aromatic heterocycles. The molecule has 0 aliphatic carbocycles. The Kier molecular flexibility index (Phi) is 2.95. The molecule has 0 unspecified atom stereocenters. The Morgan fingerprint density at radius 2 is 1.19 bits per heavy atom. The molecule has 0 aliphatic heterocycles. The SMILES string of the molecule is Clc1ccc2c(Cc3c[nH]c4cc(Cl)ccc34)c[nH]c2c1. The summed E-state index contributed by atoms with van der Waals surface area (Å²) in [5.74, 6) is 0. The first-order valence-corrected chi connectivity index (χ1v) is 7.47. The number of benzene rings is 2. The molecule has 0 fully saturated rings. The Morgan fingerprint density at radius 3 is 1.67 bits per heavy atom. The van der Waals surface area contributed by atoms with Gasteiger partial charge in [-0.05, 0) is 35.4 Å². The number of hydrogen-bond acceptors (Lipinski definition) is 0. The van der Waals surface area contributed by atoms with Gasteiger partial charge in [0.15, 0.2) is 0 Å². The van der Waals surface area contributed by atoms with Gasteiger partial charge in [-0.15, -0.1) is 0 Å². The third kappa shape index (κ3) is 2.21. The minimum absolute atomic E-state index is 0.748. The first-order valence-electron chi connectivity index (χ1n) is 6.72. The lowest BCUT2D eigenvalue weighted by Gasteiger charge is -2.00. The van der Waals surface area contributed by atoms with Gasteiger partial charge in [0.05, 0.1) is 0 Å². The Hall–Kier alpha value is -1.90. The molecule has 0 atom stereocenters. The van der Waals surface area contributed by atoms with Crippen LogP contribution in [0.4, 0.5) is 0 Å². The van der Waals surface area contributed by atoms with Crippen molar-refractivity contribution in [3.05, 3.63) is 70.0 Å². The number of H-pyrrole nitrogens is 2. The van der Waals surface area contributed by atoms with Crippen LogP contribution in [0.5, 0.6) is 0 Å². The molecule has 0 saturated carbocycles. The lowest BCUT2D eigenvalue weighted by Crippen LogP contribution is -1.84. The summed E-state index contributed by atoms with van der Waals surface area (Å²) in [6.07, 6.45) is 4.97. The number of hydrogen-bond donors (Lipinski definition) is 2. The average molecular weight is 315 g/mol. The van der Waals surface area contributed by atoms with Crippen LogP contribution >= 0.6 is 23.2 Å². The summed E-state index contributed by atoms with van der Waals surface area (Å²) in [4.78, 5) is 6.57. The monoisotopic (exact) mass is 314 g/mol. The number of fused-ring (bicyclic) bond motifs is 2. The number of rotatable bonds is 2. The zero-order chi connectivity index (χ0) is 14.4. The van der Waals surface area contributed by atoms with Gasteiger partial charge in [0.1, 0.15) is 0 Å². The van der Waals surface area contributed by atoms with Crippen molar-refractivity contribution in [1.29, 1.82) is 0 Å². The minimum atomic E-state index is 0.748. The fraction of sp³-hybridized carbons (Fsp3) is 0.0588. The quantitative estimate of drug-likeness (QED) is 0.486. The topological polar surface area (TPSA) is 31.6 Å². The molecule has 4 aromatic rings. The third-order valence-electron chi connectivity index (χ3n) is 3.84. The lowest BCUT2D eigenvalue weighted by molar-refractivity contribution is 1.22. The second-order valence-electron chi connectivity index (χ2n) is 5.18. The molecule has 0 aliphatic rings. The van der Waals surface area contributed by atoms with E-state index in [1.54, 1.807) is 0 Å². The summed E-state index contributed by atoms with van der Waals surface area (Å²) in [6.45, 7) is 0. The van der Waals surface area contributed by atoms with Crippen molar-refractivity contribution in [2.24, 2.45) is 0 Å². The molecule has 4 rings (SSSR count). The van der Waals surface area contributed by atoms with Crippen LogP contribution in [-0.4, -0.2) is 9.97 Å². The van der Waals surface area contributed by atoms with E-state index in [1.165, 1.54) is 21.9 Å². The summed E-state index contributed by atoms with van der Waals surface area (Å²) >= 11 is 12.1. The van der Waals surface area contributed by atoms with Gasteiger partial charge < -0.3 is 9.97 Å². The highest BCUT2D eigenvalue weighted by Crippen LogP contribution is 2.28. The number of halogens is 2. The van der Waals surface area contributed by atoms with Crippen molar-refractivity contribution in [2.45, 2.75) is 6.42 Å². The Balaban J connectivity index is 1.79. The second kappa shape index (κ2) is 4.83. The van der Waals surface area contributed by atoms with E-state index in [2.05, 4.69) is 34.5 Å². The molecule has 2 heterocycles. The van der Waals surface area contributed by atoms with Crippen LogP contribution in [0.3, 0.4) is 0 Å². The van der Waals surface area contributed by atoms with Crippen LogP contribution in [0.25, 0.3) is 21.8 Å². The predicted molar refractivity (Wildman–Crippen MR) is 89.4 cm³/mol. The van der Waals surface area contributed by atoms with Crippen molar-refractivity contribution >= 4 is 45.0 Å². The highest BCUT2D eigenvalue weighted by atomic mass is 35.5. The van der Waals surface area contributed by atoms with Crippen molar-refractivity contribution in [3.63, 3.8) is 0 Å². The van der Waals surface area contributed by atoms with Crippen molar-refractivity contribution in [1.82, 2.24) is 9.97 Å². The standard InChI is InChI=1S/C17H12Cl2N2/c18-12-1-3-14-10(8-20-16(14)6-12)5-11-9-21-17-7-13(19)2-4-15(11)17/h1-4,6-9,20-21H,5H2. The normalized spacial score (nSPS) is 11.5. The number of aromatic amines is 2. The van der Waals surface area contributed by atoms with E-state index in [0.29, 0.717) is 0 Å². The van der Waals surface area contributed by atoms with Gasteiger partial charge in [-0.25, -0.2) is 0 Å². The summed E-state index contributed by atoms with van der Waals surface area (Å²) in [7, 11) is 0. The molecule has 2 N–H and O–H groups in total. The van der Waals surface area contributed by atoms with Crippen LogP contribution < -0.4 is 0 Å². The van der Waals surface area contributed by atoms with Gasteiger partial charge in [-0.1, -0.05) is 35.3 Å². The fourth-order valence-corrected chi connectivity index (χ4v) is 3.16. The molecule has 104 valence electrons. The van der Waals surface area contributed by atoms with Gasteiger partial charge in [0, 0.05) is 50.7 Å². The smallest absolute Gasteiger partial charge is 0.0471 e. The van der Waals surface area contributed by atoms with Gasteiger partial charge >= 0.3 is 0 Å². The molecule has 2 nitrogen and oxygen atoms in total. The van der Waals surface area contributed by atoms with Crippen molar-refractivity contribution in [3.8, 4) is 0 Å². The van der Waals surface area contributed by atoms with E-state index < -0.39 is 0 Å². The van der Waals surface area contributed by atoms with Crippen LogP contribution in [0.2, 0.25) is 10.0 Å². The molecule has 4 heteroatoms. The average Bonchev–Trinajstić information content (AvgIpc) is 3.03. The Morgan fingerprint density at radius 1 is 0.714 bits per heavy atom. The largest absolute Gasteiger partial charge is 0.361 e. The Bertz CT molecular complexity index is 872. The van der Waals surface area contributed by atoms with Gasteiger partial charge in [0.25, 0.3) is 0 Å². The van der Waals surface area contributed by atoms with Gasteiger partial charge in [0.2, 0.25) is 0 Å². The van der Waals surface area contributed by atoms with Gasteiger partial charge in [-0.3, -0.25) is 0 Å². The molecule has 21 heavy (non-hydrogen) atoms. The van der Waals surface area contributed by atoms with Crippen molar-refractivity contribution < 1.29 is 0 Å². The highest BCUT2D eigenvalue weighted by Gasteiger charge is 2.09. The lowest BCUT2D eigenvalue weighted by atomic mass is 10.0.